The minimum Gasteiger partial charge on any atom is -0.465 e. The first-order valence-corrected chi connectivity index (χ1v) is 9.02. The molecule has 4 nitrogen and oxygen atoms in total. The molecular formula is C18H14FNO3S2. The molecule has 0 saturated carbocycles. The van der Waals surface area contributed by atoms with Crippen LogP contribution in [0.25, 0.3) is 11.1 Å². The van der Waals surface area contributed by atoms with E-state index in [9.17, 15) is 14.0 Å². The predicted molar refractivity (Wildman–Crippen MR) is 98.1 cm³/mol. The van der Waals surface area contributed by atoms with Crippen LogP contribution in [-0.2, 0) is 4.74 Å². The number of hydrogen-bond donors (Lipinski definition) is 1. The summed E-state index contributed by atoms with van der Waals surface area (Å²) in [6, 6.07) is 9.40. The summed E-state index contributed by atoms with van der Waals surface area (Å²) in [4.78, 5) is 26.2. The second-order valence-electron chi connectivity index (χ2n) is 5.22. The SMILES string of the molecule is COC(=O)c1c(-c2ccc(F)cc2)csc1NC(=O)c1ccc(C)s1. The summed E-state index contributed by atoms with van der Waals surface area (Å²) in [5.74, 6) is -1.20. The van der Waals surface area contributed by atoms with Gasteiger partial charge < -0.3 is 10.1 Å². The zero-order chi connectivity index (χ0) is 18.0. The molecule has 3 rings (SSSR count). The van der Waals surface area contributed by atoms with Crippen molar-refractivity contribution in [2.45, 2.75) is 6.92 Å². The number of amides is 1. The molecule has 3 aromatic rings. The molecule has 2 aromatic heterocycles. The van der Waals surface area contributed by atoms with E-state index < -0.39 is 5.97 Å². The van der Waals surface area contributed by atoms with Gasteiger partial charge in [-0.1, -0.05) is 12.1 Å². The minimum absolute atomic E-state index is 0.265. The molecule has 0 aliphatic heterocycles. The summed E-state index contributed by atoms with van der Waals surface area (Å²) in [5, 5.41) is 4.92. The third-order valence-electron chi connectivity index (χ3n) is 3.53. The van der Waals surface area contributed by atoms with E-state index in [1.54, 1.807) is 23.6 Å². The van der Waals surface area contributed by atoms with Gasteiger partial charge >= 0.3 is 5.97 Å². The molecule has 0 saturated heterocycles. The lowest BCUT2D eigenvalue weighted by molar-refractivity contribution is 0.0603. The molecule has 2 heterocycles. The second kappa shape index (κ2) is 7.16. The van der Waals surface area contributed by atoms with E-state index in [1.807, 2.05) is 13.0 Å². The number of esters is 1. The van der Waals surface area contributed by atoms with Crippen molar-refractivity contribution in [2.75, 3.05) is 12.4 Å². The highest BCUT2D eigenvalue weighted by molar-refractivity contribution is 7.16. The van der Waals surface area contributed by atoms with Crippen LogP contribution < -0.4 is 5.32 Å². The molecule has 0 fully saturated rings. The average Bonchev–Trinajstić information content (AvgIpc) is 3.21. The van der Waals surface area contributed by atoms with Crippen molar-refractivity contribution in [1.29, 1.82) is 0 Å². The smallest absolute Gasteiger partial charge is 0.341 e. The van der Waals surface area contributed by atoms with Crippen LogP contribution in [0.5, 0.6) is 0 Å². The van der Waals surface area contributed by atoms with Crippen LogP contribution in [0, 0.1) is 12.7 Å². The zero-order valence-corrected chi connectivity index (χ0v) is 15.1. The molecule has 0 radical (unpaired) electrons. The van der Waals surface area contributed by atoms with Crippen molar-refractivity contribution in [1.82, 2.24) is 0 Å². The Morgan fingerprint density at radius 1 is 1.12 bits per heavy atom. The summed E-state index contributed by atoms with van der Waals surface area (Å²) in [6.45, 7) is 1.92. The number of rotatable bonds is 4. The monoisotopic (exact) mass is 375 g/mol. The summed E-state index contributed by atoms with van der Waals surface area (Å²) in [5.41, 5.74) is 1.53. The number of hydrogen-bond acceptors (Lipinski definition) is 5. The van der Waals surface area contributed by atoms with Gasteiger partial charge in [-0.15, -0.1) is 22.7 Å². The fourth-order valence-electron chi connectivity index (χ4n) is 2.32. The number of halogens is 1. The molecule has 7 heteroatoms. The Kier molecular flexibility index (Phi) is 4.96. The van der Waals surface area contributed by atoms with Crippen LogP contribution in [0.15, 0.2) is 41.8 Å². The first-order valence-electron chi connectivity index (χ1n) is 7.33. The molecule has 0 spiro atoms. The highest BCUT2D eigenvalue weighted by Gasteiger charge is 2.23. The standard InChI is InChI=1S/C18H14FNO3S2/c1-10-3-8-14(25-10)16(21)20-17-15(18(22)23-2)13(9-24-17)11-4-6-12(19)7-5-11/h3-9H,1-2H3,(H,20,21). The summed E-state index contributed by atoms with van der Waals surface area (Å²) in [6.07, 6.45) is 0. The van der Waals surface area contributed by atoms with Gasteiger partial charge in [-0.05, 0) is 36.8 Å². The average molecular weight is 375 g/mol. The summed E-state index contributed by atoms with van der Waals surface area (Å²) < 4.78 is 18.0. The Balaban J connectivity index is 1.98. The second-order valence-corrected chi connectivity index (χ2v) is 7.38. The molecule has 0 aliphatic carbocycles. The topological polar surface area (TPSA) is 55.4 Å². The number of carbonyl (C=O) groups excluding carboxylic acids is 2. The quantitative estimate of drug-likeness (QED) is 0.656. The first kappa shape index (κ1) is 17.3. The van der Waals surface area contributed by atoms with Gasteiger partial charge in [-0.3, -0.25) is 4.79 Å². The van der Waals surface area contributed by atoms with E-state index in [1.165, 1.54) is 41.9 Å². The zero-order valence-electron chi connectivity index (χ0n) is 13.5. The predicted octanol–water partition coefficient (Wildman–Crippen LogP) is 4.96. The Morgan fingerprint density at radius 3 is 2.44 bits per heavy atom. The molecular weight excluding hydrogens is 361 g/mol. The third-order valence-corrected chi connectivity index (χ3v) is 5.42. The molecule has 25 heavy (non-hydrogen) atoms. The lowest BCUT2D eigenvalue weighted by atomic mass is 10.0. The third kappa shape index (κ3) is 3.62. The Bertz CT molecular complexity index is 928. The number of carbonyl (C=O) groups is 2. The number of aryl methyl sites for hydroxylation is 1. The molecule has 0 unspecified atom stereocenters. The van der Waals surface area contributed by atoms with E-state index >= 15 is 0 Å². The van der Waals surface area contributed by atoms with Gasteiger partial charge in [0.05, 0.1) is 12.0 Å². The number of nitrogens with one attached hydrogen (secondary N) is 1. The van der Waals surface area contributed by atoms with Crippen LogP contribution in [0.1, 0.15) is 24.9 Å². The van der Waals surface area contributed by atoms with Crippen LogP contribution in [0.4, 0.5) is 9.39 Å². The molecule has 0 aliphatic rings. The lowest BCUT2D eigenvalue weighted by Crippen LogP contribution is -2.13. The van der Waals surface area contributed by atoms with Crippen molar-refractivity contribution in [3.63, 3.8) is 0 Å². The normalized spacial score (nSPS) is 10.5. The van der Waals surface area contributed by atoms with Gasteiger partial charge in [-0.2, -0.15) is 0 Å². The number of thiophene rings is 2. The maximum atomic E-state index is 13.1. The Labute approximate surface area is 151 Å². The minimum atomic E-state index is -0.557. The molecule has 128 valence electrons. The summed E-state index contributed by atoms with van der Waals surface area (Å²) in [7, 11) is 1.28. The van der Waals surface area contributed by atoms with E-state index in [0.717, 1.165) is 4.88 Å². The highest BCUT2D eigenvalue weighted by Crippen LogP contribution is 2.36. The van der Waals surface area contributed by atoms with E-state index in [-0.39, 0.29) is 17.3 Å². The number of benzene rings is 1. The van der Waals surface area contributed by atoms with Gasteiger partial charge in [0.2, 0.25) is 0 Å². The van der Waals surface area contributed by atoms with Crippen LogP contribution in [-0.4, -0.2) is 19.0 Å². The Hall–Kier alpha value is -2.51. The lowest BCUT2D eigenvalue weighted by Gasteiger charge is -2.07. The van der Waals surface area contributed by atoms with Crippen molar-refractivity contribution in [2.24, 2.45) is 0 Å². The molecule has 1 aromatic carbocycles. The molecule has 0 atom stereocenters. The molecule has 1 N–H and O–H groups in total. The van der Waals surface area contributed by atoms with E-state index in [4.69, 9.17) is 4.74 Å². The van der Waals surface area contributed by atoms with Crippen molar-refractivity contribution >= 4 is 39.6 Å². The highest BCUT2D eigenvalue weighted by atomic mass is 32.1. The van der Waals surface area contributed by atoms with Gasteiger partial charge in [0, 0.05) is 15.8 Å². The maximum Gasteiger partial charge on any atom is 0.341 e. The van der Waals surface area contributed by atoms with E-state index in [2.05, 4.69) is 5.32 Å². The Morgan fingerprint density at radius 2 is 1.84 bits per heavy atom. The summed E-state index contributed by atoms with van der Waals surface area (Å²) >= 11 is 2.60. The number of anilines is 1. The number of methoxy groups -OCH3 is 1. The van der Waals surface area contributed by atoms with Crippen molar-refractivity contribution in [3.05, 3.63) is 62.9 Å². The van der Waals surface area contributed by atoms with Crippen LogP contribution >= 0.6 is 22.7 Å². The van der Waals surface area contributed by atoms with Crippen molar-refractivity contribution < 1.29 is 18.7 Å². The van der Waals surface area contributed by atoms with Crippen LogP contribution in [0.2, 0.25) is 0 Å². The number of ether oxygens (including phenoxy) is 1. The van der Waals surface area contributed by atoms with Crippen LogP contribution in [0.3, 0.4) is 0 Å². The fourth-order valence-corrected chi connectivity index (χ4v) is 4.03. The molecule has 0 bridgehead atoms. The van der Waals surface area contributed by atoms with Gasteiger partial charge in [0.25, 0.3) is 5.91 Å². The van der Waals surface area contributed by atoms with Gasteiger partial charge in [0.15, 0.2) is 0 Å². The first-order chi connectivity index (χ1) is 12.0. The largest absolute Gasteiger partial charge is 0.465 e. The fraction of sp³-hybridized carbons (Fsp3) is 0.111. The van der Waals surface area contributed by atoms with Crippen molar-refractivity contribution in [3.8, 4) is 11.1 Å². The van der Waals surface area contributed by atoms with Gasteiger partial charge in [0.1, 0.15) is 16.4 Å². The molecule has 1 amide bonds. The van der Waals surface area contributed by atoms with Gasteiger partial charge in [-0.25, -0.2) is 9.18 Å². The van der Waals surface area contributed by atoms with E-state index in [0.29, 0.717) is 21.0 Å². The maximum absolute atomic E-state index is 13.1.